The number of carbonyl (C=O) groups excluding carboxylic acids is 7. The number of nitrogens with zero attached hydrogens (tertiary/aromatic N) is 2. The normalized spacial score (nSPS) is 26.9. The van der Waals surface area contributed by atoms with Gasteiger partial charge < -0.3 is 144 Å². The molecule has 0 spiro atoms. The molecule has 16 unspecified atom stereocenters. The summed E-state index contributed by atoms with van der Waals surface area (Å²) in [7, 11) is 0. The summed E-state index contributed by atoms with van der Waals surface area (Å²) < 4.78 is 61.1. The number of hydrogen-bond donors (Lipinski definition) is 15. The lowest BCUT2D eigenvalue weighted by atomic mass is 9.97. The van der Waals surface area contributed by atoms with Crippen LogP contribution in [0.3, 0.4) is 0 Å². The molecule has 15 N–H and O–H groups in total. The van der Waals surface area contributed by atoms with Gasteiger partial charge in [-0.15, -0.1) is 0 Å². The number of ether oxygens (including phenoxy) is 9. The van der Waals surface area contributed by atoms with Gasteiger partial charge in [-0.1, -0.05) is 18.2 Å². The average molecular weight is 1410 g/mol. The fraction of sp³-hybridized carbons (Fsp3) is 0.877. The summed E-state index contributed by atoms with van der Waals surface area (Å²) in [4.78, 5) is 105. The maximum absolute atomic E-state index is 14.0. The number of carbonyl (C=O) groups is 7. The van der Waals surface area contributed by atoms with E-state index in [-0.39, 0.29) is 162 Å². The average Bonchev–Trinajstić information content (AvgIpc) is 0.836. The van der Waals surface area contributed by atoms with Crippen LogP contribution in [0.25, 0.3) is 0 Å². The molecule has 7 amide bonds. The molecule has 0 aromatic heterocycles. The number of nitrogens with one attached hydrogen (secondary N) is 6. The molecule has 0 aromatic rings. The topological polar surface area (TPSA) is 505 Å². The lowest BCUT2D eigenvalue weighted by Crippen LogP contribution is -2.64. The zero-order valence-electron chi connectivity index (χ0n) is 55.0. The van der Waals surface area contributed by atoms with E-state index in [4.69, 9.17) is 63.5 Å². The van der Waals surface area contributed by atoms with Crippen LogP contribution in [0.5, 0.6) is 0 Å². The van der Waals surface area contributed by atoms with Gasteiger partial charge in [-0.25, -0.2) is 0 Å². The van der Waals surface area contributed by atoms with Gasteiger partial charge >= 0.3 is 0 Å². The van der Waals surface area contributed by atoms with E-state index in [1.165, 1.54) is 25.7 Å². The predicted octanol–water partition coefficient (Wildman–Crippen LogP) is -7.46. The first kappa shape index (κ1) is 85.3. The van der Waals surface area contributed by atoms with Crippen LogP contribution in [-0.4, -0.2) is 333 Å². The highest BCUT2D eigenvalue weighted by molar-refractivity contribution is 8.06. The smallest absolute Gasteiger partial charge is 0.222 e. The third-order valence-corrected chi connectivity index (χ3v) is 16.4. The van der Waals surface area contributed by atoms with Gasteiger partial charge in [-0.2, -0.15) is 0 Å². The molecular weight excluding hydrogens is 1310 g/mol. The highest BCUT2D eigenvalue weighted by Crippen LogP contribution is 2.43. The zero-order valence-corrected chi connectivity index (χ0v) is 56.7. The zero-order chi connectivity index (χ0) is 70.7. The van der Waals surface area contributed by atoms with Gasteiger partial charge in [0.25, 0.3) is 0 Å². The van der Waals surface area contributed by atoms with E-state index >= 15 is 0 Å². The van der Waals surface area contributed by atoms with Crippen molar-refractivity contribution in [2.45, 2.75) is 184 Å². The number of aliphatic hydroxyl groups excluding tert-OH is 9. The molecule has 0 bridgehead atoms. The maximum Gasteiger partial charge on any atom is 0.222 e. The molecule has 3 aliphatic rings. The molecule has 38 heteroatoms. The van der Waals surface area contributed by atoms with Gasteiger partial charge in [0.05, 0.1) is 91.5 Å². The summed E-state index contributed by atoms with van der Waals surface area (Å²) >= 11 is 5.01. The quantitative estimate of drug-likeness (QED) is 0.0199. The molecule has 3 saturated heterocycles. The maximum atomic E-state index is 14.0. The van der Waals surface area contributed by atoms with E-state index in [1.54, 1.807) is 25.7 Å². The Morgan fingerprint density at radius 1 is 0.474 bits per heavy atom. The molecule has 552 valence electrons. The lowest BCUT2D eigenvalue weighted by Gasteiger charge is -2.42. The van der Waals surface area contributed by atoms with Crippen LogP contribution in [0.4, 0.5) is 0 Å². The predicted molar refractivity (Wildman–Crippen MR) is 332 cm³/mol. The highest BCUT2D eigenvalue weighted by atomic mass is 32.5. The van der Waals surface area contributed by atoms with E-state index in [9.17, 15) is 84.4 Å². The van der Waals surface area contributed by atoms with E-state index in [0.29, 0.717) is 19.3 Å². The van der Waals surface area contributed by atoms with Crippen LogP contribution in [0, 0.1) is 0 Å². The van der Waals surface area contributed by atoms with Crippen molar-refractivity contribution in [2.24, 2.45) is 0 Å². The summed E-state index contributed by atoms with van der Waals surface area (Å²) in [5.74, 6) is -3.05. The molecule has 0 radical (unpaired) electrons. The number of rotatable bonds is 47. The highest BCUT2D eigenvalue weighted by Gasteiger charge is 2.48. The monoisotopic (exact) mass is 1410 g/mol. The molecule has 0 aromatic carbocycles. The van der Waals surface area contributed by atoms with Crippen LogP contribution >= 0.6 is 6.72 Å². The molecule has 3 aliphatic heterocycles. The molecule has 0 saturated carbocycles. The Balaban J connectivity index is 1.62. The molecule has 36 nitrogen and oxygen atoms in total. The largest absolute Gasteiger partial charge is 0.780 e. The van der Waals surface area contributed by atoms with Crippen molar-refractivity contribution >= 4 is 59.9 Å². The Morgan fingerprint density at radius 2 is 0.832 bits per heavy atom. The lowest BCUT2D eigenvalue weighted by molar-refractivity contribution is -0.272. The first-order valence-corrected chi connectivity index (χ1v) is 34.3. The van der Waals surface area contributed by atoms with Gasteiger partial charge in [0.1, 0.15) is 79.8 Å². The van der Waals surface area contributed by atoms with Crippen molar-refractivity contribution < 1.29 is 136 Å². The first-order valence-electron chi connectivity index (χ1n) is 31.7. The van der Waals surface area contributed by atoms with E-state index in [0.717, 1.165) is 0 Å². The third kappa shape index (κ3) is 33.7. The minimum Gasteiger partial charge on any atom is -0.780 e. The second kappa shape index (κ2) is 45.7. The van der Waals surface area contributed by atoms with Gasteiger partial charge in [0, 0.05) is 98.8 Å². The summed E-state index contributed by atoms with van der Waals surface area (Å²) in [5.41, 5.74) is -0.798. The van der Waals surface area contributed by atoms with Crippen molar-refractivity contribution in [3.05, 3.63) is 0 Å². The van der Waals surface area contributed by atoms with Crippen LogP contribution in [-0.2, 0) is 97.0 Å². The Kier molecular flexibility index (Phi) is 41.0. The van der Waals surface area contributed by atoms with Crippen molar-refractivity contribution in [2.75, 3.05) is 138 Å². The van der Waals surface area contributed by atoms with Crippen molar-refractivity contribution in [1.82, 2.24) is 41.7 Å². The van der Waals surface area contributed by atoms with Crippen molar-refractivity contribution in [3.8, 4) is 0 Å². The Hall–Kier alpha value is -3.94. The van der Waals surface area contributed by atoms with Crippen LogP contribution in [0.15, 0.2) is 0 Å². The Morgan fingerprint density at radius 3 is 1.17 bits per heavy atom. The molecule has 3 rings (SSSR count). The van der Waals surface area contributed by atoms with Crippen LogP contribution < -0.4 is 36.8 Å². The van der Waals surface area contributed by atoms with Gasteiger partial charge in [-0.05, 0) is 33.6 Å². The van der Waals surface area contributed by atoms with Gasteiger partial charge in [-0.3, -0.25) is 33.6 Å². The molecule has 95 heavy (non-hydrogen) atoms. The summed E-state index contributed by atoms with van der Waals surface area (Å²) in [6.45, 7) is 3.48. The minimum absolute atomic E-state index is 0.0131. The Bertz CT molecular complexity index is 2250. The third-order valence-electron chi connectivity index (χ3n) is 14.6. The van der Waals surface area contributed by atoms with Gasteiger partial charge in [0.2, 0.25) is 41.4 Å². The molecule has 3 fully saturated rings. The number of unbranched alkanes of at least 4 members (excludes halogenated alkanes) is 2. The number of aliphatic hydroxyl groups is 9. The van der Waals surface area contributed by atoms with E-state index in [1.807, 2.05) is 0 Å². The molecule has 3 heterocycles. The molecule has 0 aliphatic carbocycles. The summed E-state index contributed by atoms with van der Waals surface area (Å²) in [6.07, 6.45) is -15.1. The summed E-state index contributed by atoms with van der Waals surface area (Å²) in [5, 5.41) is 107. The fourth-order valence-corrected chi connectivity index (χ4v) is 11.8. The first-order chi connectivity index (χ1) is 45.0. The minimum atomic E-state index is -3.76. The Labute approximate surface area is 558 Å². The molecular formula is C57H104N8O28PS-. The fourth-order valence-electron chi connectivity index (χ4n) is 9.83. The summed E-state index contributed by atoms with van der Waals surface area (Å²) in [6, 6.07) is -3.43. The second-order valence-electron chi connectivity index (χ2n) is 23.6. The second-order valence-corrected chi connectivity index (χ2v) is 26.2. The van der Waals surface area contributed by atoms with E-state index in [2.05, 4.69) is 31.9 Å². The van der Waals surface area contributed by atoms with Gasteiger partial charge in [0.15, 0.2) is 18.9 Å². The van der Waals surface area contributed by atoms with Crippen molar-refractivity contribution in [1.29, 1.82) is 0 Å². The van der Waals surface area contributed by atoms with E-state index < -0.39 is 148 Å². The number of amides is 7. The SMILES string of the molecule is CC(=O)NC1C(OCCOCCNC(=O)CCN(CCC(=O)NCCOCCOC2OC(CO)C(O)C(O)C2NC(C)=O)CCN(CCC(=O)NCCOCCOC2OC(CO)C(O)C(O)C2NC(C)=O)C(=O)CCCCCOP([O-])(=S)OC(C)(C)C)OC(CO)C(O)C1O. The standard InChI is InChI=1S/C57H105N8O28PS/c1-35(69)61-45-51(79)48(76)38(32-66)90-54(45)86-29-26-83-23-14-58-41(72)11-17-64(18-12-42(73)59-15-24-84-27-30-87-55-46(62-36(2)70)52(80)49(77)39(33-67)91-55)20-21-65(44(75)10-8-7-9-22-89-94(82,95)93-57(4,5)6)19-13-43(74)60-16-25-85-28-31-88-56-47(63-37(3)71)53(81)50(78)40(34-68)92-56/h38-40,45-56,66-68,76-81H,7-34H2,1-6H3,(H,58,72)(H,59,73)(H,60,74)(H,61,69)(H,62,70)(H,63,71)(H,82,95)/p-1. The van der Waals surface area contributed by atoms with Crippen LogP contribution in [0.2, 0.25) is 0 Å². The number of hydrogen-bond acceptors (Lipinski definition) is 30. The van der Waals surface area contributed by atoms with Crippen LogP contribution in [0.1, 0.15) is 86.5 Å². The molecule has 16 atom stereocenters. The van der Waals surface area contributed by atoms with Crippen molar-refractivity contribution in [3.63, 3.8) is 0 Å².